The van der Waals surface area contributed by atoms with Crippen molar-refractivity contribution in [1.82, 2.24) is 9.47 Å². The van der Waals surface area contributed by atoms with Crippen molar-refractivity contribution < 1.29 is 23.2 Å². The van der Waals surface area contributed by atoms with Gasteiger partial charge in [0.2, 0.25) is 5.60 Å². The number of hydrogen-bond donors (Lipinski definition) is 1. The van der Waals surface area contributed by atoms with Crippen LogP contribution in [0.25, 0.3) is 10.9 Å². The number of piperidine rings is 1. The van der Waals surface area contributed by atoms with Crippen molar-refractivity contribution in [3.05, 3.63) is 76.0 Å². The molecule has 0 bridgehead atoms. The summed E-state index contributed by atoms with van der Waals surface area (Å²) in [5.41, 5.74) is -2.75. The van der Waals surface area contributed by atoms with Crippen LogP contribution in [-0.4, -0.2) is 45.3 Å². The number of likely N-dealkylation sites (tertiary alicyclic amines) is 1. The SMILES string of the molecule is N#CC1CCN(CC(O)(c2cn(Cc3ccccc3)c3cc([N+](=O)[O-])ccc23)C(F)(F)F)CC1. The first kappa shape index (κ1) is 23.7. The summed E-state index contributed by atoms with van der Waals surface area (Å²) in [5, 5.41) is 31.7. The summed E-state index contributed by atoms with van der Waals surface area (Å²) in [7, 11) is 0. The number of nitro groups is 1. The average Bonchev–Trinajstić information content (AvgIpc) is 3.17. The van der Waals surface area contributed by atoms with E-state index in [2.05, 4.69) is 6.07 Å². The third kappa shape index (κ3) is 4.49. The van der Waals surface area contributed by atoms with Crippen molar-refractivity contribution in [2.24, 2.45) is 5.92 Å². The van der Waals surface area contributed by atoms with Crippen LogP contribution >= 0.6 is 0 Å². The Balaban J connectivity index is 1.81. The highest BCUT2D eigenvalue weighted by atomic mass is 19.4. The van der Waals surface area contributed by atoms with Crippen LogP contribution in [0.4, 0.5) is 18.9 Å². The van der Waals surface area contributed by atoms with Crippen LogP contribution < -0.4 is 0 Å². The quantitative estimate of drug-likeness (QED) is 0.419. The summed E-state index contributed by atoms with van der Waals surface area (Å²) in [6.45, 7) is 0.0333. The number of nitro benzene ring substituents is 1. The lowest BCUT2D eigenvalue weighted by Gasteiger charge is -2.38. The topological polar surface area (TPSA) is 95.3 Å². The van der Waals surface area contributed by atoms with Gasteiger partial charge in [-0.25, -0.2) is 0 Å². The number of hydrogen-bond acceptors (Lipinski definition) is 5. The van der Waals surface area contributed by atoms with Crippen molar-refractivity contribution in [3.63, 3.8) is 0 Å². The van der Waals surface area contributed by atoms with Gasteiger partial charge in [-0.15, -0.1) is 0 Å². The Labute approximate surface area is 193 Å². The molecule has 0 radical (unpaired) electrons. The maximum absolute atomic E-state index is 14.4. The van der Waals surface area contributed by atoms with Crippen LogP contribution in [0.3, 0.4) is 0 Å². The number of nitrogens with zero attached hydrogens (tertiary/aromatic N) is 4. The number of non-ortho nitro benzene ring substituents is 1. The monoisotopic (exact) mass is 472 g/mol. The fraction of sp³-hybridized carbons (Fsp3) is 0.375. The van der Waals surface area contributed by atoms with Gasteiger partial charge < -0.3 is 9.67 Å². The van der Waals surface area contributed by atoms with E-state index >= 15 is 0 Å². The van der Waals surface area contributed by atoms with Crippen molar-refractivity contribution in [2.45, 2.75) is 31.2 Å². The van der Waals surface area contributed by atoms with Crippen molar-refractivity contribution >= 4 is 16.6 Å². The van der Waals surface area contributed by atoms with Crippen molar-refractivity contribution in [3.8, 4) is 6.07 Å². The average molecular weight is 472 g/mol. The predicted molar refractivity (Wildman–Crippen MR) is 119 cm³/mol. The molecule has 0 saturated carbocycles. The van der Waals surface area contributed by atoms with Gasteiger partial charge in [0, 0.05) is 48.3 Å². The Kier molecular flexibility index (Phi) is 6.34. The number of aliphatic hydroxyl groups is 1. The smallest absolute Gasteiger partial charge is 0.375 e. The van der Waals surface area contributed by atoms with E-state index in [1.54, 1.807) is 24.3 Å². The lowest BCUT2D eigenvalue weighted by molar-refractivity contribution is -0.384. The fourth-order valence-corrected chi connectivity index (χ4v) is 4.51. The summed E-state index contributed by atoms with van der Waals surface area (Å²) in [4.78, 5) is 12.2. The van der Waals surface area contributed by atoms with Crippen LogP contribution in [0.2, 0.25) is 0 Å². The number of halogens is 3. The van der Waals surface area contributed by atoms with Gasteiger partial charge in [-0.1, -0.05) is 30.3 Å². The minimum absolute atomic E-state index is 0.105. The zero-order valence-corrected chi connectivity index (χ0v) is 18.2. The third-order valence-electron chi connectivity index (χ3n) is 6.41. The van der Waals surface area contributed by atoms with E-state index in [1.807, 2.05) is 6.07 Å². The molecule has 178 valence electrons. The van der Waals surface area contributed by atoms with Gasteiger partial charge >= 0.3 is 6.18 Å². The molecule has 1 aliphatic heterocycles. The summed E-state index contributed by atoms with van der Waals surface area (Å²) in [6, 6.07) is 14.8. The molecule has 0 spiro atoms. The molecule has 0 amide bonds. The lowest BCUT2D eigenvalue weighted by Crippen LogP contribution is -2.52. The first-order valence-electron chi connectivity index (χ1n) is 10.8. The number of aromatic nitrogens is 1. The van der Waals surface area contributed by atoms with E-state index in [4.69, 9.17) is 5.26 Å². The molecule has 1 aliphatic rings. The van der Waals surface area contributed by atoms with Crippen LogP contribution in [0.5, 0.6) is 0 Å². The van der Waals surface area contributed by atoms with E-state index in [0.29, 0.717) is 12.8 Å². The number of benzene rings is 2. The number of fused-ring (bicyclic) bond motifs is 1. The molecule has 1 N–H and O–H groups in total. The summed E-state index contributed by atoms with van der Waals surface area (Å²) < 4.78 is 44.7. The standard InChI is InChI=1S/C24H23F3N4O3/c25-24(26,27)23(32,16-29-10-8-17(13-28)9-11-29)21-15-30(14-18-4-2-1-3-5-18)22-12-19(31(33)34)6-7-20(21)22/h1-7,12,15,17,32H,8-11,14,16H2. The second-order valence-corrected chi connectivity index (χ2v) is 8.65. The van der Waals surface area contributed by atoms with E-state index in [1.165, 1.54) is 27.8 Å². The zero-order valence-electron chi connectivity index (χ0n) is 18.2. The van der Waals surface area contributed by atoms with E-state index < -0.39 is 23.2 Å². The van der Waals surface area contributed by atoms with Crippen LogP contribution in [0.15, 0.2) is 54.7 Å². The minimum Gasteiger partial charge on any atom is -0.375 e. The largest absolute Gasteiger partial charge is 0.422 e. The molecular formula is C24H23F3N4O3. The molecule has 2 aromatic carbocycles. The maximum Gasteiger partial charge on any atom is 0.422 e. The highest BCUT2D eigenvalue weighted by Gasteiger charge is 2.57. The van der Waals surface area contributed by atoms with Gasteiger partial charge in [-0.3, -0.25) is 15.0 Å². The molecule has 7 nitrogen and oxygen atoms in total. The lowest BCUT2D eigenvalue weighted by atomic mass is 9.90. The fourth-order valence-electron chi connectivity index (χ4n) is 4.51. The first-order valence-corrected chi connectivity index (χ1v) is 10.8. The minimum atomic E-state index is -4.99. The van der Waals surface area contributed by atoms with Crippen LogP contribution in [-0.2, 0) is 12.1 Å². The molecular weight excluding hydrogens is 449 g/mol. The second-order valence-electron chi connectivity index (χ2n) is 8.65. The molecule has 1 aromatic heterocycles. The predicted octanol–water partition coefficient (Wildman–Crippen LogP) is 4.58. The van der Waals surface area contributed by atoms with Gasteiger partial charge in [0.1, 0.15) is 0 Å². The summed E-state index contributed by atoms with van der Waals surface area (Å²) in [5.74, 6) is -0.205. The Bertz CT molecular complexity index is 1230. The number of rotatable bonds is 6. The normalized spacial score (nSPS) is 17.4. The van der Waals surface area contributed by atoms with Crippen molar-refractivity contribution in [2.75, 3.05) is 19.6 Å². The second kappa shape index (κ2) is 9.08. The molecule has 1 atom stereocenters. The molecule has 2 heterocycles. The highest BCUT2D eigenvalue weighted by molar-refractivity contribution is 5.87. The third-order valence-corrected chi connectivity index (χ3v) is 6.41. The molecule has 1 saturated heterocycles. The molecule has 4 rings (SSSR count). The van der Waals surface area contributed by atoms with Gasteiger partial charge in [-0.2, -0.15) is 18.4 Å². The van der Waals surface area contributed by atoms with E-state index in [-0.39, 0.29) is 47.7 Å². The Hall–Kier alpha value is -3.42. The highest BCUT2D eigenvalue weighted by Crippen LogP contribution is 2.44. The molecule has 0 aliphatic carbocycles. The molecule has 10 heteroatoms. The molecule has 1 fully saturated rings. The van der Waals surface area contributed by atoms with Crippen molar-refractivity contribution in [1.29, 1.82) is 5.26 Å². The van der Waals surface area contributed by atoms with E-state index in [9.17, 15) is 28.4 Å². The van der Waals surface area contributed by atoms with Crippen LogP contribution in [0.1, 0.15) is 24.0 Å². The molecule has 3 aromatic rings. The number of alkyl halides is 3. The van der Waals surface area contributed by atoms with Gasteiger partial charge in [-0.05, 0) is 37.6 Å². The Morgan fingerprint density at radius 3 is 2.41 bits per heavy atom. The molecule has 34 heavy (non-hydrogen) atoms. The Morgan fingerprint density at radius 2 is 1.82 bits per heavy atom. The van der Waals surface area contributed by atoms with Crippen LogP contribution in [0, 0.1) is 27.4 Å². The summed E-state index contributed by atoms with van der Waals surface area (Å²) in [6.07, 6.45) is -2.87. The maximum atomic E-state index is 14.4. The number of nitriles is 1. The van der Waals surface area contributed by atoms with Gasteiger partial charge in [0.05, 0.1) is 16.5 Å². The van der Waals surface area contributed by atoms with E-state index in [0.717, 1.165) is 11.6 Å². The molecule has 1 unspecified atom stereocenters. The first-order chi connectivity index (χ1) is 16.1. The number of β-amino-alcohol motifs (C(OH)–C–C–N with tert-alkyl or cyclic N) is 1. The van der Waals surface area contributed by atoms with Gasteiger partial charge in [0.15, 0.2) is 0 Å². The van der Waals surface area contributed by atoms with Gasteiger partial charge in [0.25, 0.3) is 5.69 Å². The summed E-state index contributed by atoms with van der Waals surface area (Å²) >= 11 is 0. The zero-order chi connectivity index (χ0) is 24.5. The Morgan fingerprint density at radius 1 is 1.15 bits per heavy atom.